The van der Waals surface area contributed by atoms with Gasteiger partial charge in [0.15, 0.2) is 0 Å². The third-order valence-corrected chi connectivity index (χ3v) is 13.9. The Kier molecular flexibility index (Phi) is 13.5. The van der Waals surface area contributed by atoms with E-state index in [0.717, 1.165) is 90.9 Å². The Bertz CT molecular complexity index is 2740. The molecule has 4 aromatic carbocycles. The van der Waals surface area contributed by atoms with Crippen molar-refractivity contribution in [1.82, 2.24) is 19.9 Å². The Morgan fingerprint density at radius 2 is 1.13 bits per heavy atom. The van der Waals surface area contributed by atoms with Crippen molar-refractivity contribution in [2.45, 2.75) is 79.1 Å². The van der Waals surface area contributed by atoms with Crippen molar-refractivity contribution in [3.05, 3.63) is 129 Å². The van der Waals surface area contributed by atoms with Gasteiger partial charge in [0.25, 0.3) is 0 Å². The minimum atomic E-state index is 0.406. The van der Waals surface area contributed by atoms with Gasteiger partial charge in [-0.05, 0) is 109 Å². The predicted molar refractivity (Wildman–Crippen MR) is 257 cm³/mol. The molecule has 0 amide bonds. The summed E-state index contributed by atoms with van der Waals surface area (Å²) in [5.74, 6) is 2.63. The largest absolute Gasteiger partial charge is 0.493 e. The molecule has 2 N–H and O–H groups in total. The molecule has 0 radical (unpaired) electrons. The smallest absolute Gasteiger partial charge is 0.245 e. The Hall–Kier alpha value is -6.20. The van der Waals surface area contributed by atoms with Gasteiger partial charge in [-0.25, -0.2) is 14.8 Å². The number of hydrogen-bond donors (Lipinski definition) is 2. The third kappa shape index (κ3) is 8.90. The number of rotatable bonds is 18. The number of aromatic amines is 2. The van der Waals surface area contributed by atoms with E-state index in [4.69, 9.17) is 26.0 Å². The van der Waals surface area contributed by atoms with Crippen molar-refractivity contribution in [2.75, 3.05) is 13.2 Å². The van der Waals surface area contributed by atoms with Crippen LogP contribution in [-0.2, 0) is 0 Å². The zero-order valence-corrected chi connectivity index (χ0v) is 37.5. The van der Waals surface area contributed by atoms with Gasteiger partial charge in [0, 0.05) is 10.8 Å². The number of hydrogen-bond acceptors (Lipinski definition) is 7. The highest BCUT2D eigenvalue weighted by molar-refractivity contribution is 7.20. The van der Waals surface area contributed by atoms with E-state index in [0.29, 0.717) is 57.0 Å². The molecule has 0 saturated carbocycles. The molecule has 8 aromatic rings. The highest BCUT2D eigenvalue weighted by Gasteiger charge is 2.24. The summed E-state index contributed by atoms with van der Waals surface area (Å²) in [6.45, 7) is 18.9. The summed E-state index contributed by atoms with van der Waals surface area (Å²) in [5.41, 5.74) is 5.86. The van der Waals surface area contributed by atoms with E-state index in [1.165, 1.54) is 48.4 Å². The number of aromatic nitrogens is 4. The summed E-state index contributed by atoms with van der Waals surface area (Å²) >= 11 is 2.99. The van der Waals surface area contributed by atoms with Crippen LogP contribution < -0.4 is 20.2 Å². The summed E-state index contributed by atoms with van der Waals surface area (Å²) in [4.78, 5) is 21.6. The number of H-pyrrole nitrogens is 2. The molecule has 10 heteroatoms. The van der Waals surface area contributed by atoms with Gasteiger partial charge in [0.05, 0.1) is 62.3 Å². The maximum Gasteiger partial charge on any atom is 0.245 e. The summed E-state index contributed by atoms with van der Waals surface area (Å²) in [6.07, 6.45) is 9.21. The van der Waals surface area contributed by atoms with Gasteiger partial charge < -0.3 is 19.4 Å². The second-order valence-corrected chi connectivity index (χ2v) is 18.0. The Balaban J connectivity index is 1.35. The average molecular weight is 857 g/mol. The van der Waals surface area contributed by atoms with E-state index in [1.54, 1.807) is 0 Å². The number of fused-ring (bicyclic) bond motifs is 3. The number of unbranched alkanes of at least 4 members (excludes halogenated alkanes) is 2. The fourth-order valence-electron chi connectivity index (χ4n) is 8.08. The van der Waals surface area contributed by atoms with E-state index in [-0.39, 0.29) is 0 Å². The molecule has 0 aliphatic heterocycles. The third-order valence-electron chi connectivity index (χ3n) is 11.8. The van der Waals surface area contributed by atoms with Crippen LogP contribution in [0, 0.1) is 29.7 Å². The predicted octanol–water partition coefficient (Wildman–Crippen LogP) is 13.0. The first-order valence-corrected chi connectivity index (χ1v) is 23.6. The number of nitriles is 1. The lowest BCUT2D eigenvalue weighted by atomic mass is 10.0. The minimum Gasteiger partial charge on any atom is -0.493 e. The molecule has 8 rings (SSSR count). The highest BCUT2D eigenvalue weighted by Crippen LogP contribution is 2.36. The maximum atomic E-state index is 11.1. The molecule has 0 bridgehead atoms. The van der Waals surface area contributed by atoms with E-state index in [9.17, 15) is 5.26 Å². The van der Waals surface area contributed by atoms with Crippen LogP contribution in [0.5, 0.6) is 11.5 Å². The number of thiazole rings is 2. The van der Waals surface area contributed by atoms with Crippen LogP contribution in [0.2, 0.25) is 0 Å². The molecule has 2 atom stereocenters. The molecular formula is C52H52N6O2S2. The SMILES string of the molecule is [C-]#[N+]/C(c1nc2ccccc2s1)=c1/[nH]c(-c2ccc(OCC(CC)CCCC)cc2)c2/c(=C(\C#N)c3nc4ccccc4s3)[nH]c(-c3ccc(OCC(CC)CCCC)cc3)c12. The summed E-state index contributed by atoms with van der Waals surface area (Å²) in [5, 5.41) is 15.2. The van der Waals surface area contributed by atoms with Gasteiger partial charge in [-0.3, -0.25) is 0 Å². The van der Waals surface area contributed by atoms with Crippen LogP contribution in [0.1, 0.15) is 89.1 Å². The molecule has 0 saturated heterocycles. The number of para-hydroxylation sites is 2. The van der Waals surface area contributed by atoms with Crippen LogP contribution in [0.25, 0.3) is 69.8 Å². The molecule has 8 nitrogen and oxygen atoms in total. The van der Waals surface area contributed by atoms with E-state index in [1.807, 2.05) is 72.8 Å². The molecule has 0 aliphatic rings. The lowest BCUT2D eigenvalue weighted by Gasteiger charge is -2.15. The number of ether oxygens (including phenoxy) is 2. The lowest BCUT2D eigenvalue weighted by Crippen LogP contribution is -2.11. The van der Waals surface area contributed by atoms with Crippen LogP contribution >= 0.6 is 22.7 Å². The highest BCUT2D eigenvalue weighted by atomic mass is 32.1. The van der Waals surface area contributed by atoms with E-state index < -0.39 is 0 Å². The van der Waals surface area contributed by atoms with Gasteiger partial charge in [-0.1, -0.05) is 90.5 Å². The Morgan fingerprint density at radius 1 is 0.661 bits per heavy atom. The number of benzene rings is 4. The molecule has 0 fully saturated rings. The normalized spacial score (nSPS) is 13.5. The van der Waals surface area contributed by atoms with Crippen molar-refractivity contribution in [3.8, 4) is 40.1 Å². The van der Waals surface area contributed by atoms with Crippen LogP contribution in [-0.4, -0.2) is 33.1 Å². The van der Waals surface area contributed by atoms with E-state index in [2.05, 4.69) is 72.8 Å². The number of nitrogens with zero attached hydrogens (tertiary/aromatic N) is 4. The average Bonchev–Trinajstić information content (AvgIpc) is 4.11. The molecule has 4 heterocycles. The zero-order valence-electron chi connectivity index (χ0n) is 35.9. The molecule has 4 aromatic heterocycles. The van der Waals surface area contributed by atoms with Crippen molar-refractivity contribution in [2.24, 2.45) is 11.8 Å². The van der Waals surface area contributed by atoms with Crippen molar-refractivity contribution in [3.63, 3.8) is 0 Å². The van der Waals surface area contributed by atoms with Gasteiger partial charge in [0.1, 0.15) is 33.2 Å². The lowest BCUT2D eigenvalue weighted by molar-refractivity contribution is 0.233. The fourth-order valence-corrected chi connectivity index (χ4v) is 10.0. The van der Waals surface area contributed by atoms with Gasteiger partial charge in [-0.15, -0.1) is 22.7 Å². The fraction of sp³-hybridized carbons (Fsp3) is 0.308. The number of nitrogens with one attached hydrogen (secondary N) is 2. The summed E-state index contributed by atoms with van der Waals surface area (Å²) in [6, 6.07) is 34.8. The van der Waals surface area contributed by atoms with Gasteiger partial charge in [-0.2, -0.15) is 5.26 Å². The molecular weight excluding hydrogens is 805 g/mol. The molecule has 62 heavy (non-hydrogen) atoms. The summed E-state index contributed by atoms with van der Waals surface area (Å²) < 4.78 is 14.7. The minimum absolute atomic E-state index is 0.406. The van der Waals surface area contributed by atoms with Gasteiger partial charge >= 0.3 is 0 Å². The monoisotopic (exact) mass is 856 g/mol. The van der Waals surface area contributed by atoms with Crippen molar-refractivity contribution >= 4 is 65.1 Å². The second-order valence-electron chi connectivity index (χ2n) is 15.9. The molecule has 314 valence electrons. The quantitative estimate of drug-likeness (QED) is 0.0837. The molecule has 2 unspecified atom stereocenters. The molecule has 0 spiro atoms. The van der Waals surface area contributed by atoms with Gasteiger partial charge in [0.2, 0.25) is 5.70 Å². The van der Waals surface area contributed by atoms with Crippen molar-refractivity contribution < 1.29 is 9.47 Å². The molecule has 0 aliphatic carbocycles. The topological polar surface area (TPSA) is 104 Å². The van der Waals surface area contributed by atoms with E-state index >= 15 is 0 Å². The van der Waals surface area contributed by atoms with Crippen LogP contribution in [0.3, 0.4) is 0 Å². The Morgan fingerprint density at radius 3 is 1.60 bits per heavy atom. The Labute approximate surface area is 371 Å². The standard InChI is InChI=1S/C52H52N6O2S2/c1-6-10-16-33(8-3)31-59-37-26-22-35(23-27-37)46-44-45(49(58-46)50(54-5)52-56-41-19-13-15-21-43(41)62-52)47(36-24-28-38(29-25-36)60-32-34(9-4)17-11-7-2)57-48(44)39(30-53)51-55-40-18-12-14-20-42(40)61-51/h12-15,18-29,33-34,57-58H,6-11,16-17,31-32H2,1-4H3/b48-39-,50-49+. The first-order chi connectivity index (χ1) is 30.5. The van der Waals surface area contributed by atoms with Crippen LogP contribution in [0.4, 0.5) is 0 Å². The summed E-state index contributed by atoms with van der Waals surface area (Å²) in [7, 11) is 0. The second kappa shape index (κ2) is 19.7. The maximum absolute atomic E-state index is 11.1. The van der Waals surface area contributed by atoms with Crippen molar-refractivity contribution in [1.29, 1.82) is 5.26 Å². The first kappa shape index (κ1) is 42.5. The van der Waals surface area contributed by atoms with Crippen LogP contribution in [0.15, 0.2) is 97.1 Å². The zero-order chi connectivity index (χ0) is 43.0. The first-order valence-electron chi connectivity index (χ1n) is 21.9.